The van der Waals surface area contributed by atoms with Crippen LogP contribution in [0.4, 0.5) is 5.69 Å². The summed E-state index contributed by atoms with van der Waals surface area (Å²) in [6.07, 6.45) is 0. The molecular weight excluding hydrogens is 190 g/mol. The van der Waals surface area contributed by atoms with Crippen molar-refractivity contribution in [2.75, 3.05) is 0 Å². The Morgan fingerprint density at radius 1 is 1.13 bits per heavy atom. The molecule has 0 amide bonds. The topological polar surface area (TPSA) is 103 Å². The number of nitrogens with zero attached hydrogens (tertiary/aromatic N) is 2. The molecule has 5 nitrogen and oxygen atoms in total. The van der Waals surface area contributed by atoms with Gasteiger partial charge >= 0.3 is 0 Å². The number of hydrogen-bond donors (Lipinski definition) is 3. The lowest BCUT2D eigenvalue weighted by atomic mass is 10.1. The summed E-state index contributed by atoms with van der Waals surface area (Å²) in [5, 5.41) is 0. The minimum Gasteiger partial charge on any atom is -0.370 e. The highest BCUT2D eigenvalue weighted by Crippen LogP contribution is 2.19. The molecule has 0 aromatic heterocycles. The van der Waals surface area contributed by atoms with E-state index in [0.29, 0.717) is 0 Å². The van der Waals surface area contributed by atoms with Crippen molar-refractivity contribution in [1.82, 2.24) is 0 Å². The molecule has 0 aliphatic heterocycles. The molecule has 1 aromatic carbocycles. The van der Waals surface area contributed by atoms with Gasteiger partial charge in [-0.15, -0.1) is 0 Å². The molecule has 0 radical (unpaired) electrons. The summed E-state index contributed by atoms with van der Waals surface area (Å²) < 4.78 is 0. The van der Waals surface area contributed by atoms with E-state index in [4.69, 9.17) is 17.2 Å². The summed E-state index contributed by atoms with van der Waals surface area (Å²) in [7, 11) is 0. The minimum absolute atomic E-state index is 0.0590. The van der Waals surface area contributed by atoms with Crippen molar-refractivity contribution in [3.8, 4) is 0 Å². The second-order valence-electron chi connectivity index (χ2n) is 3.30. The number of aryl methyl sites for hydroxylation is 2. The lowest BCUT2D eigenvalue weighted by Crippen LogP contribution is -2.26. The summed E-state index contributed by atoms with van der Waals surface area (Å²) in [5.41, 5.74) is 18.8. The fourth-order valence-electron chi connectivity index (χ4n) is 1.12. The largest absolute Gasteiger partial charge is 0.370 e. The van der Waals surface area contributed by atoms with Crippen LogP contribution in [0.1, 0.15) is 11.1 Å². The van der Waals surface area contributed by atoms with E-state index in [1.54, 1.807) is 0 Å². The molecule has 0 fully saturated rings. The third-order valence-electron chi connectivity index (χ3n) is 1.84. The van der Waals surface area contributed by atoms with Crippen LogP contribution in [0.25, 0.3) is 0 Å². The van der Waals surface area contributed by atoms with Gasteiger partial charge in [-0.2, -0.15) is 4.99 Å². The van der Waals surface area contributed by atoms with Crippen molar-refractivity contribution < 1.29 is 0 Å². The molecule has 0 bridgehead atoms. The Morgan fingerprint density at radius 2 is 1.80 bits per heavy atom. The van der Waals surface area contributed by atoms with Gasteiger partial charge in [0, 0.05) is 0 Å². The summed E-state index contributed by atoms with van der Waals surface area (Å²) in [6.45, 7) is 3.93. The smallest absolute Gasteiger partial charge is 0.223 e. The lowest BCUT2D eigenvalue weighted by Gasteiger charge is -2.01. The molecule has 0 saturated heterocycles. The molecule has 1 rings (SSSR count). The minimum atomic E-state index is -0.0958. The van der Waals surface area contributed by atoms with Gasteiger partial charge in [0.1, 0.15) is 0 Å². The average molecular weight is 205 g/mol. The average Bonchev–Trinajstić information content (AvgIpc) is 2.10. The van der Waals surface area contributed by atoms with E-state index in [9.17, 15) is 0 Å². The highest BCUT2D eigenvalue weighted by molar-refractivity contribution is 5.93. The van der Waals surface area contributed by atoms with Gasteiger partial charge in [0.05, 0.1) is 5.69 Å². The lowest BCUT2D eigenvalue weighted by molar-refractivity contribution is 1.32. The first-order chi connectivity index (χ1) is 6.99. The van der Waals surface area contributed by atoms with Crippen LogP contribution in [0.3, 0.4) is 0 Å². The van der Waals surface area contributed by atoms with Gasteiger partial charge in [-0.05, 0) is 31.0 Å². The summed E-state index contributed by atoms with van der Waals surface area (Å²) in [4.78, 5) is 7.75. The van der Waals surface area contributed by atoms with Gasteiger partial charge in [-0.1, -0.05) is 12.1 Å². The van der Waals surface area contributed by atoms with E-state index in [1.165, 1.54) is 0 Å². The predicted octanol–water partition coefficient (Wildman–Crippen LogP) is 0.523. The van der Waals surface area contributed by atoms with Crippen LogP contribution in [0, 0.1) is 13.8 Å². The summed E-state index contributed by atoms with van der Waals surface area (Å²) in [5.74, 6) is -0.0368. The first-order valence-electron chi connectivity index (χ1n) is 4.50. The Balaban J connectivity index is 3.07. The Bertz CT molecular complexity index is 416. The monoisotopic (exact) mass is 205 g/mol. The number of nitrogens with two attached hydrogens (primary N) is 3. The Labute approximate surface area is 88.7 Å². The van der Waals surface area contributed by atoms with Gasteiger partial charge < -0.3 is 17.2 Å². The van der Waals surface area contributed by atoms with Crippen molar-refractivity contribution in [3.63, 3.8) is 0 Å². The SMILES string of the molecule is Cc1ccc(C)c(N=C(N)N=C(N)N)c1. The summed E-state index contributed by atoms with van der Waals surface area (Å²) in [6, 6.07) is 5.90. The van der Waals surface area contributed by atoms with Gasteiger partial charge in [0.25, 0.3) is 0 Å². The van der Waals surface area contributed by atoms with Gasteiger partial charge in [-0.25, -0.2) is 4.99 Å². The zero-order valence-electron chi connectivity index (χ0n) is 8.86. The second-order valence-corrected chi connectivity index (χ2v) is 3.30. The van der Waals surface area contributed by atoms with E-state index in [0.717, 1.165) is 16.8 Å². The zero-order chi connectivity index (χ0) is 11.4. The zero-order valence-corrected chi connectivity index (χ0v) is 8.86. The van der Waals surface area contributed by atoms with E-state index >= 15 is 0 Å². The van der Waals surface area contributed by atoms with Crippen LogP contribution in [-0.2, 0) is 0 Å². The third-order valence-corrected chi connectivity index (χ3v) is 1.84. The fraction of sp³-hybridized carbons (Fsp3) is 0.200. The highest BCUT2D eigenvalue weighted by atomic mass is 15.1. The van der Waals surface area contributed by atoms with Crippen molar-refractivity contribution in [2.45, 2.75) is 13.8 Å². The standard InChI is InChI=1S/C10H15N5/c1-6-3-4-7(2)8(5-6)14-10(13)15-9(11)12/h3-5H,1-2H3,(H6,11,12,13,14,15). The number of guanidine groups is 2. The molecule has 1 aromatic rings. The van der Waals surface area contributed by atoms with Crippen LogP contribution >= 0.6 is 0 Å². The van der Waals surface area contributed by atoms with Crippen molar-refractivity contribution >= 4 is 17.6 Å². The van der Waals surface area contributed by atoms with E-state index in [2.05, 4.69) is 9.98 Å². The predicted molar refractivity (Wildman–Crippen MR) is 63.0 cm³/mol. The van der Waals surface area contributed by atoms with Crippen LogP contribution in [0.2, 0.25) is 0 Å². The maximum Gasteiger partial charge on any atom is 0.223 e. The molecule has 80 valence electrons. The molecule has 0 spiro atoms. The first kappa shape index (κ1) is 11.0. The van der Waals surface area contributed by atoms with Crippen LogP contribution < -0.4 is 17.2 Å². The molecule has 0 atom stereocenters. The Hall–Kier alpha value is -2.04. The molecular formula is C10H15N5. The molecule has 0 saturated carbocycles. The maximum absolute atomic E-state index is 5.53. The third kappa shape index (κ3) is 3.30. The number of rotatable bonds is 1. The molecule has 0 aliphatic carbocycles. The highest BCUT2D eigenvalue weighted by Gasteiger charge is 1.97. The Kier molecular flexibility index (Phi) is 3.28. The first-order valence-corrected chi connectivity index (χ1v) is 4.50. The molecule has 0 heterocycles. The molecule has 0 unspecified atom stereocenters. The molecule has 5 heteroatoms. The van der Waals surface area contributed by atoms with Crippen molar-refractivity contribution in [3.05, 3.63) is 29.3 Å². The van der Waals surface area contributed by atoms with Crippen LogP contribution in [0.5, 0.6) is 0 Å². The van der Waals surface area contributed by atoms with Gasteiger partial charge in [-0.3, -0.25) is 0 Å². The summed E-state index contributed by atoms with van der Waals surface area (Å²) >= 11 is 0. The molecule has 6 N–H and O–H groups in total. The van der Waals surface area contributed by atoms with Crippen molar-refractivity contribution in [2.24, 2.45) is 27.2 Å². The van der Waals surface area contributed by atoms with Crippen LogP contribution in [-0.4, -0.2) is 11.9 Å². The number of aliphatic imine (C=N–C) groups is 2. The second kappa shape index (κ2) is 4.45. The maximum atomic E-state index is 5.53. The van der Waals surface area contributed by atoms with Gasteiger partial charge in [0.15, 0.2) is 5.96 Å². The van der Waals surface area contributed by atoms with Crippen molar-refractivity contribution in [1.29, 1.82) is 0 Å². The number of hydrogen-bond acceptors (Lipinski definition) is 1. The molecule has 15 heavy (non-hydrogen) atoms. The van der Waals surface area contributed by atoms with Crippen LogP contribution in [0.15, 0.2) is 28.2 Å². The van der Waals surface area contributed by atoms with E-state index in [1.807, 2.05) is 32.0 Å². The van der Waals surface area contributed by atoms with E-state index < -0.39 is 0 Å². The number of benzene rings is 1. The fourth-order valence-corrected chi connectivity index (χ4v) is 1.12. The molecule has 0 aliphatic rings. The van der Waals surface area contributed by atoms with E-state index in [-0.39, 0.29) is 11.9 Å². The normalized spacial score (nSPS) is 11.2. The van der Waals surface area contributed by atoms with Gasteiger partial charge in [0.2, 0.25) is 5.96 Å². The quantitative estimate of drug-likeness (QED) is 0.460. The Morgan fingerprint density at radius 3 is 2.40 bits per heavy atom.